The third-order valence-electron chi connectivity index (χ3n) is 2.49. The van der Waals surface area contributed by atoms with Gasteiger partial charge >= 0.3 is 0 Å². The summed E-state index contributed by atoms with van der Waals surface area (Å²) in [6.07, 6.45) is 1.94. The molecule has 2 rings (SSSR count). The highest BCUT2D eigenvalue weighted by molar-refractivity contribution is 5.35. The number of aryl methyl sites for hydroxylation is 1. The van der Waals surface area contributed by atoms with Crippen molar-refractivity contribution in [2.45, 2.75) is 32.7 Å². The minimum absolute atomic E-state index is 0.0955. The lowest BCUT2D eigenvalue weighted by Crippen LogP contribution is -2.26. The molecule has 1 aromatic rings. The Bertz CT molecular complexity index is 349. The zero-order valence-corrected chi connectivity index (χ0v) is 9.99. The second-order valence-electron chi connectivity index (χ2n) is 4.55. The number of pyridine rings is 1. The monoisotopic (exact) mass is 222 g/mol. The number of nitrogens with zero attached hydrogens (tertiary/aromatic N) is 1. The molecule has 1 N–H and O–H groups in total. The number of rotatable bonds is 3. The molecule has 2 heterocycles. The first-order chi connectivity index (χ1) is 7.55. The van der Waals surface area contributed by atoms with Gasteiger partial charge in [0.2, 0.25) is 0 Å². The molecule has 1 aromatic heterocycles. The molecule has 0 aliphatic carbocycles. The number of aromatic nitrogens is 1. The molecule has 0 saturated carbocycles. The van der Waals surface area contributed by atoms with E-state index in [0.29, 0.717) is 6.61 Å². The van der Waals surface area contributed by atoms with E-state index in [-0.39, 0.29) is 6.10 Å². The lowest BCUT2D eigenvalue weighted by molar-refractivity contribution is -0.136. The van der Waals surface area contributed by atoms with Crippen LogP contribution in [0.4, 0.5) is 5.82 Å². The number of anilines is 1. The SMILES string of the molecule is Cc1ccc(NCC2COC(C)(C)O2)nc1. The van der Waals surface area contributed by atoms with Crippen molar-refractivity contribution in [1.29, 1.82) is 0 Å². The largest absolute Gasteiger partial charge is 0.367 e. The fraction of sp³-hybridized carbons (Fsp3) is 0.583. The van der Waals surface area contributed by atoms with Crippen molar-refractivity contribution < 1.29 is 9.47 Å². The molecule has 1 fully saturated rings. The quantitative estimate of drug-likeness (QED) is 0.849. The van der Waals surface area contributed by atoms with Gasteiger partial charge in [-0.15, -0.1) is 0 Å². The van der Waals surface area contributed by atoms with Crippen molar-refractivity contribution in [2.24, 2.45) is 0 Å². The van der Waals surface area contributed by atoms with Crippen LogP contribution in [-0.2, 0) is 9.47 Å². The number of hydrogen-bond acceptors (Lipinski definition) is 4. The van der Waals surface area contributed by atoms with Gasteiger partial charge in [-0.25, -0.2) is 4.98 Å². The van der Waals surface area contributed by atoms with Crippen LogP contribution >= 0.6 is 0 Å². The Hall–Kier alpha value is -1.13. The Kier molecular flexibility index (Phi) is 3.12. The molecule has 0 aromatic carbocycles. The van der Waals surface area contributed by atoms with Gasteiger partial charge < -0.3 is 14.8 Å². The van der Waals surface area contributed by atoms with Crippen LogP contribution in [0.3, 0.4) is 0 Å². The smallest absolute Gasteiger partial charge is 0.163 e. The summed E-state index contributed by atoms with van der Waals surface area (Å²) in [5.74, 6) is 0.423. The zero-order valence-electron chi connectivity index (χ0n) is 9.99. The van der Waals surface area contributed by atoms with E-state index in [9.17, 15) is 0 Å². The maximum absolute atomic E-state index is 5.68. The molecule has 4 heteroatoms. The van der Waals surface area contributed by atoms with Crippen LogP contribution in [0.25, 0.3) is 0 Å². The predicted octanol–water partition coefficient (Wildman–Crippen LogP) is 1.95. The average Bonchev–Trinajstić information content (AvgIpc) is 2.58. The predicted molar refractivity (Wildman–Crippen MR) is 62.4 cm³/mol. The van der Waals surface area contributed by atoms with E-state index in [1.54, 1.807) is 0 Å². The third-order valence-corrected chi connectivity index (χ3v) is 2.49. The minimum atomic E-state index is -0.451. The Balaban J connectivity index is 1.82. The topological polar surface area (TPSA) is 43.4 Å². The molecule has 88 valence electrons. The summed E-state index contributed by atoms with van der Waals surface area (Å²) < 4.78 is 11.2. The van der Waals surface area contributed by atoms with Crippen molar-refractivity contribution in [3.63, 3.8) is 0 Å². The molecule has 1 aliphatic rings. The van der Waals surface area contributed by atoms with E-state index in [2.05, 4.69) is 10.3 Å². The zero-order chi connectivity index (χ0) is 11.6. The molecule has 1 aliphatic heterocycles. The summed E-state index contributed by atoms with van der Waals surface area (Å²) in [6, 6.07) is 4.00. The Morgan fingerprint density at radius 2 is 2.31 bits per heavy atom. The van der Waals surface area contributed by atoms with Crippen molar-refractivity contribution in [3.05, 3.63) is 23.9 Å². The van der Waals surface area contributed by atoms with Crippen molar-refractivity contribution in [2.75, 3.05) is 18.5 Å². The Labute approximate surface area is 96.0 Å². The highest BCUT2D eigenvalue weighted by atomic mass is 16.7. The molecule has 1 unspecified atom stereocenters. The van der Waals surface area contributed by atoms with Crippen LogP contribution < -0.4 is 5.32 Å². The van der Waals surface area contributed by atoms with Gasteiger partial charge in [0.1, 0.15) is 11.9 Å². The first-order valence-electron chi connectivity index (χ1n) is 5.53. The van der Waals surface area contributed by atoms with Gasteiger partial charge in [-0.3, -0.25) is 0 Å². The van der Waals surface area contributed by atoms with Gasteiger partial charge in [0.15, 0.2) is 5.79 Å². The number of nitrogens with one attached hydrogen (secondary N) is 1. The van der Waals surface area contributed by atoms with Gasteiger partial charge in [-0.2, -0.15) is 0 Å². The molecular weight excluding hydrogens is 204 g/mol. The van der Waals surface area contributed by atoms with Crippen molar-refractivity contribution >= 4 is 5.82 Å². The normalized spacial score (nSPS) is 23.3. The molecule has 1 saturated heterocycles. The van der Waals surface area contributed by atoms with E-state index < -0.39 is 5.79 Å². The molecule has 16 heavy (non-hydrogen) atoms. The van der Waals surface area contributed by atoms with E-state index in [1.807, 2.05) is 39.1 Å². The maximum Gasteiger partial charge on any atom is 0.163 e. The summed E-state index contributed by atoms with van der Waals surface area (Å²) >= 11 is 0. The van der Waals surface area contributed by atoms with Crippen LogP contribution in [0.15, 0.2) is 18.3 Å². The second-order valence-corrected chi connectivity index (χ2v) is 4.55. The number of hydrogen-bond donors (Lipinski definition) is 1. The summed E-state index contributed by atoms with van der Waals surface area (Å²) in [5.41, 5.74) is 1.16. The van der Waals surface area contributed by atoms with Gasteiger partial charge in [-0.05, 0) is 32.4 Å². The Morgan fingerprint density at radius 3 is 2.88 bits per heavy atom. The fourth-order valence-corrected chi connectivity index (χ4v) is 1.65. The average molecular weight is 222 g/mol. The highest BCUT2D eigenvalue weighted by Gasteiger charge is 2.32. The van der Waals surface area contributed by atoms with Gasteiger partial charge in [-0.1, -0.05) is 6.07 Å². The second kappa shape index (κ2) is 4.39. The van der Waals surface area contributed by atoms with E-state index in [4.69, 9.17) is 9.47 Å². The molecule has 0 spiro atoms. The summed E-state index contributed by atoms with van der Waals surface area (Å²) in [4.78, 5) is 4.27. The van der Waals surface area contributed by atoms with E-state index in [0.717, 1.165) is 17.9 Å². The van der Waals surface area contributed by atoms with Crippen LogP contribution in [-0.4, -0.2) is 30.0 Å². The molecule has 1 atom stereocenters. The fourth-order valence-electron chi connectivity index (χ4n) is 1.65. The lowest BCUT2D eigenvalue weighted by Gasteiger charge is -2.17. The molecule has 0 bridgehead atoms. The molecule has 4 nitrogen and oxygen atoms in total. The summed E-state index contributed by atoms with van der Waals surface area (Å²) in [6.45, 7) is 7.23. The number of ether oxygens (including phenoxy) is 2. The first-order valence-corrected chi connectivity index (χ1v) is 5.53. The van der Waals surface area contributed by atoms with Gasteiger partial charge in [0.25, 0.3) is 0 Å². The van der Waals surface area contributed by atoms with Gasteiger partial charge in [0.05, 0.1) is 6.61 Å². The molecular formula is C12H18N2O2. The maximum atomic E-state index is 5.68. The minimum Gasteiger partial charge on any atom is -0.367 e. The van der Waals surface area contributed by atoms with Crippen LogP contribution in [0.1, 0.15) is 19.4 Å². The molecule has 0 radical (unpaired) electrons. The Morgan fingerprint density at radius 1 is 1.50 bits per heavy atom. The van der Waals surface area contributed by atoms with Crippen molar-refractivity contribution in [3.8, 4) is 0 Å². The van der Waals surface area contributed by atoms with Crippen LogP contribution in [0.2, 0.25) is 0 Å². The lowest BCUT2D eigenvalue weighted by atomic mass is 10.3. The van der Waals surface area contributed by atoms with Crippen LogP contribution in [0, 0.1) is 6.92 Å². The van der Waals surface area contributed by atoms with Gasteiger partial charge in [0, 0.05) is 12.7 Å². The first kappa shape index (κ1) is 11.4. The van der Waals surface area contributed by atoms with Crippen LogP contribution in [0.5, 0.6) is 0 Å². The van der Waals surface area contributed by atoms with Crippen molar-refractivity contribution in [1.82, 2.24) is 4.98 Å². The third kappa shape index (κ3) is 2.93. The van der Waals surface area contributed by atoms with E-state index >= 15 is 0 Å². The summed E-state index contributed by atoms with van der Waals surface area (Å²) in [7, 11) is 0. The summed E-state index contributed by atoms with van der Waals surface area (Å²) in [5, 5.41) is 3.24. The van der Waals surface area contributed by atoms with E-state index in [1.165, 1.54) is 0 Å². The highest BCUT2D eigenvalue weighted by Crippen LogP contribution is 2.22. The standard InChI is InChI=1S/C12H18N2O2/c1-9-4-5-11(13-6-9)14-7-10-8-15-12(2,3)16-10/h4-6,10H,7-8H2,1-3H3,(H,13,14). The molecule has 0 amide bonds.